The molecule has 1 aliphatic heterocycles. The Kier molecular flexibility index (Phi) is 3.74. The number of nitrogens with zero attached hydrogens (tertiary/aromatic N) is 3. The molecule has 1 atom stereocenters. The van der Waals surface area contributed by atoms with E-state index in [0.717, 1.165) is 29.3 Å². The van der Waals surface area contributed by atoms with Crippen LogP contribution < -0.4 is 0 Å². The Balaban J connectivity index is 1.43. The first-order valence-corrected chi connectivity index (χ1v) is 9.07. The SMILES string of the molecule is O=C(c1ccc2[nH]ccc2c1)N1CCC[C@H]1c1nc(-c2ccccc2)no1. The summed E-state index contributed by atoms with van der Waals surface area (Å²) in [6.07, 6.45) is 3.63. The molecule has 1 aliphatic rings. The Hall–Kier alpha value is -3.41. The lowest BCUT2D eigenvalue weighted by Crippen LogP contribution is -2.30. The number of carbonyl (C=O) groups is 1. The predicted molar refractivity (Wildman–Crippen MR) is 101 cm³/mol. The standard InChI is InChI=1S/C21H18N4O2/c26-21(16-8-9-17-15(13-16)10-11-22-17)25-12-4-7-18(25)20-23-19(24-27-20)14-5-2-1-3-6-14/h1-3,5-6,8-11,13,18,22H,4,7,12H2/t18-/m0/s1. The van der Waals surface area contributed by atoms with Crippen molar-refractivity contribution in [3.05, 3.63) is 72.2 Å². The van der Waals surface area contributed by atoms with Crippen molar-refractivity contribution < 1.29 is 9.32 Å². The van der Waals surface area contributed by atoms with Crippen LogP contribution in [0.3, 0.4) is 0 Å². The van der Waals surface area contributed by atoms with Gasteiger partial charge in [-0.15, -0.1) is 0 Å². The van der Waals surface area contributed by atoms with E-state index in [9.17, 15) is 4.79 Å². The minimum atomic E-state index is -0.176. The first kappa shape index (κ1) is 15.8. The fourth-order valence-corrected chi connectivity index (χ4v) is 3.69. The number of benzene rings is 2. The van der Waals surface area contributed by atoms with Gasteiger partial charge in [-0.1, -0.05) is 35.5 Å². The molecule has 5 rings (SSSR count). The number of aromatic nitrogens is 3. The minimum Gasteiger partial charge on any atom is -0.361 e. The smallest absolute Gasteiger partial charge is 0.254 e. The highest BCUT2D eigenvalue weighted by Gasteiger charge is 2.34. The summed E-state index contributed by atoms with van der Waals surface area (Å²) >= 11 is 0. The van der Waals surface area contributed by atoms with Gasteiger partial charge in [-0.25, -0.2) is 0 Å². The molecule has 134 valence electrons. The van der Waals surface area contributed by atoms with Crippen LogP contribution in [0.2, 0.25) is 0 Å². The van der Waals surface area contributed by atoms with E-state index in [1.54, 1.807) is 0 Å². The molecule has 0 aliphatic carbocycles. The summed E-state index contributed by atoms with van der Waals surface area (Å²) in [5, 5.41) is 5.13. The number of rotatable bonds is 3. The summed E-state index contributed by atoms with van der Waals surface area (Å²) < 4.78 is 5.52. The molecular weight excluding hydrogens is 340 g/mol. The topological polar surface area (TPSA) is 75.0 Å². The average molecular weight is 358 g/mol. The maximum absolute atomic E-state index is 13.1. The third-order valence-electron chi connectivity index (χ3n) is 5.07. The van der Waals surface area contributed by atoms with Crippen molar-refractivity contribution in [1.82, 2.24) is 20.0 Å². The van der Waals surface area contributed by atoms with Crippen LogP contribution in [0.5, 0.6) is 0 Å². The lowest BCUT2D eigenvalue weighted by Gasteiger charge is -2.22. The number of aromatic amines is 1. The van der Waals surface area contributed by atoms with Gasteiger partial charge < -0.3 is 14.4 Å². The molecule has 1 N–H and O–H groups in total. The van der Waals surface area contributed by atoms with Crippen LogP contribution in [-0.2, 0) is 0 Å². The van der Waals surface area contributed by atoms with E-state index < -0.39 is 0 Å². The second kappa shape index (κ2) is 6.39. The first-order valence-electron chi connectivity index (χ1n) is 9.07. The predicted octanol–water partition coefficient (Wildman–Crippen LogP) is 4.20. The Morgan fingerprint density at radius 1 is 1.15 bits per heavy atom. The summed E-state index contributed by atoms with van der Waals surface area (Å²) in [7, 11) is 0. The zero-order valence-corrected chi connectivity index (χ0v) is 14.6. The molecule has 1 amide bonds. The fraction of sp³-hybridized carbons (Fsp3) is 0.190. The molecule has 6 heteroatoms. The number of H-pyrrole nitrogens is 1. The monoisotopic (exact) mass is 358 g/mol. The van der Waals surface area contributed by atoms with Crippen molar-refractivity contribution in [2.75, 3.05) is 6.54 Å². The molecular formula is C21H18N4O2. The van der Waals surface area contributed by atoms with Gasteiger partial charge in [0, 0.05) is 34.8 Å². The van der Waals surface area contributed by atoms with Gasteiger partial charge in [-0.2, -0.15) is 4.98 Å². The van der Waals surface area contributed by atoms with Crippen molar-refractivity contribution in [1.29, 1.82) is 0 Å². The third kappa shape index (κ3) is 2.79. The third-order valence-corrected chi connectivity index (χ3v) is 5.07. The molecule has 1 fully saturated rings. The molecule has 2 aromatic carbocycles. The Morgan fingerprint density at radius 2 is 2.04 bits per heavy atom. The van der Waals surface area contributed by atoms with Gasteiger partial charge in [0.2, 0.25) is 11.7 Å². The highest BCUT2D eigenvalue weighted by Crippen LogP contribution is 2.33. The average Bonchev–Trinajstić information content (AvgIpc) is 3.47. The summed E-state index contributed by atoms with van der Waals surface area (Å²) in [6, 6.07) is 17.2. The second-order valence-corrected chi connectivity index (χ2v) is 6.76. The molecule has 27 heavy (non-hydrogen) atoms. The molecule has 0 unspecified atom stereocenters. The summed E-state index contributed by atoms with van der Waals surface area (Å²) in [4.78, 5) is 22.6. The van der Waals surface area contributed by atoms with E-state index in [1.807, 2.05) is 65.7 Å². The van der Waals surface area contributed by atoms with Crippen molar-refractivity contribution in [2.45, 2.75) is 18.9 Å². The van der Waals surface area contributed by atoms with E-state index in [2.05, 4.69) is 15.1 Å². The second-order valence-electron chi connectivity index (χ2n) is 6.76. The normalized spacial score (nSPS) is 16.9. The zero-order valence-electron chi connectivity index (χ0n) is 14.6. The van der Waals surface area contributed by atoms with Gasteiger partial charge in [-0.05, 0) is 37.1 Å². The summed E-state index contributed by atoms with van der Waals surface area (Å²) in [5.41, 5.74) is 2.60. The molecule has 0 saturated carbocycles. The van der Waals surface area contributed by atoms with Crippen molar-refractivity contribution in [3.63, 3.8) is 0 Å². The molecule has 2 aromatic heterocycles. The van der Waals surface area contributed by atoms with Gasteiger partial charge >= 0.3 is 0 Å². The van der Waals surface area contributed by atoms with E-state index >= 15 is 0 Å². The van der Waals surface area contributed by atoms with Crippen molar-refractivity contribution in [3.8, 4) is 11.4 Å². The minimum absolute atomic E-state index is 0.0000566. The number of hydrogen-bond donors (Lipinski definition) is 1. The maximum atomic E-state index is 13.1. The molecule has 4 aromatic rings. The van der Waals surface area contributed by atoms with E-state index in [1.165, 1.54) is 0 Å². The number of hydrogen-bond acceptors (Lipinski definition) is 4. The molecule has 1 saturated heterocycles. The Morgan fingerprint density at radius 3 is 2.93 bits per heavy atom. The van der Waals surface area contributed by atoms with Crippen molar-refractivity contribution >= 4 is 16.8 Å². The van der Waals surface area contributed by atoms with Crippen LogP contribution in [0.25, 0.3) is 22.3 Å². The van der Waals surface area contributed by atoms with Crippen LogP contribution in [0.1, 0.15) is 35.1 Å². The number of amides is 1. The highest BCUT2D eigenvalue weighted by molar-refractivity contribution is 5.98. The van der Waals surface area contributed by atoms with E-state index in [0.29, 0.717) is 23.8 Å². The molecule has 0 radical (unpaired) electrons. The quantitative estimate of drug-likeness (QED) is 0.596. The number of fused-ring (bicyclic) bond motifs is 1. The van der Waals surface area contributed by atoms with Gasteiger partial charge in [0.1, 0.15) is 6.04 Å². The van der Waals surface area contributed by atoms with Crippen LogP contribution in [0, 0.1) is 0 Å². The van der Waals surface area contributed by atoms with E-state index in [4.69, 9.17) is 4.52 Å². The molecule has 0 bridgehead atoms. The largest absolute Gasteiger partial charge is 0.361 e. The van der Waals surface area contributed by atoms with Crippen LogP contribution in [0.15, 0.2) is 65.3 Å². The van der Waals surface area contributed by atoms with Crippen LogP contribution in [-0.4, -0.2) is 32.5 Å². The Bertz CT molecular complexity index is 1100. The van der Waals surface area contributed by atoms with Gasteiger partial charge in [0.05, 0.1) is 0 Å². The number of likely N-dealkylation sites (tertiary alicyclic amines) is 1. The van der Waals surface area contributed by atoms with Crippen LogP contribution in [0.4, 0.5) is 0 Å². The molecule has 0 spiro atoms. The van der Waals surface area contributed by atoms with Gasteiger partial charge in [0.15, 0.2) is 0 Å². The molecule has 3 heterocycles. The Labute approximate surface area is 155 Å². The molecule has 6 nitrogen and oxygen atoms in total. The summed E-state index contributed by atoms with van der Waals surface area (Å²) in [5.74, 6) is 1.06. The maximum Gasteiger partial charge on any atom is 0.254 e. The number of nitrogens with one attached hydrogen (secondary N) is 1. The summed E-state index contributed by atoms with van der Waals surface area (Å²) in [6.45, 7) is 0.692. The lowest BCUT2D eigenvalue weighted by atomic mass is 10.1. The van der Waals surface area contributed by atoms with E-state index in [-0.39, 0.29) is 11.9 Å². The first-order chi connectivity index (χ1) is 13.3. The zero-order chi connectivity index (χ0) is 18.2. The van der Waals surface area contributed by atoms with Gasteiger partial charge in [-0.3, -0.25) is 4.79 Å². The van der Waals surface area contributed by atoms with Crippen molar-refractivity contribution in [2.24, 2.45) is 0 Å². The van der Waals surface area contributed by atoms with Gasteiger partial charge in [0.25, 0.3) is 5.91 Å². The number of carbonyl (C=O) groups excluding carboxylic acids is 1. The lowest BCUT2D eigenvalue weighted by molar-refractivity contribution is 0.0710. The van der Waals surface area contributed by atoms with Crippen LogP contribution >= 0.6 is 0 Å². The highest BCUT2D eigenvalue weighted by atomic mass is 16.5. The fourth-order valence-electron chi connectivity index (χ4n) is 3.69.